The molecular weight excluding hydrogens is 422 g/mol. The molecule has 0 aliphatic heterocycles. The third-order valence-electron chi connectivity index (χ3n) is 4.13. The molecule has 0 aliphatic rings. The summed E-state index contributed by atoms with van der Waals surface area (Å²) in [5.74, 6) is -0.229. The van der Waals surface area contributed by atoms with E-state index in [1.807, 2.05) is 25.1 Å². The van der Waals surface area contributed by atoms with Gasteiger partial charge in [-0.25, -0.2) is 8.42 Å². The summed E-state index contributed by atoms with van der Waals surface area (Å²) in [6.45, 7) is 1.88. The van der Waals surface area contributed by atoms with Crippen LogP contribution in [0.3, 0.4) is 0 Å². The molecule has 5 N–H and O–H groups in total. The number of nitrogens with two attached hydrogens (primary N) is 2. The fourth-order valence-corrected chi connectivity index (χ4v) is 3.95. The zero-order chi connectivity index (χ0) is 21.7. The molecule has 30 heavy (non-hydrogen) atoms. The minimum Gasteiger partial charge on any atom is -0.369 e. The molecule has 0 unspecified atom stereocenters. The van der Waals surface area contributed by atoms with Crippen molar-refractivity contribution in [1.29, 1.82) is 0 Å². The maximum absolute atomic E-state index is 12.9. The normalized spacial score (nSPS) is 11.7. The molecule has 3 aromatic rings. The van der Waals surface area contributed by atoms with Crippen LogP contribution in [0.5, 0.6) is 0 Å². The van der Waals surface area contributed by atoms with E-state index in [1.54, 1.807) is 54.6 Å². The fraction of sp³-hybridized carbons (Fsp3) is 0.0476. The summed E-state index contributed by atoms with van der Waals surface area (Å²) in [6.07, 6.45) is 0. The summed E-state index contributed by atoms with van der Waals surface area (Å²) in [6, 6.07) is 20.4. The summed E-state index contributed by atoms with van der Waals surface area (Å²) < 4.78 is 28.5. The molecule has 0 aliphatic carbocycles. The van der Waals surface area contributed by atoms with Crippen molar-refractivity contribution >= 4 is 39.0 Å². The van der Waals surface area contributed by atoms with Crippen molar-refractivity contribution in [2.24, 2.45) is 21.7 Å². The number of hydrogen-bond donors (Lipinski definition) is 3. The van der Waals surface area contributed by atoms with Crippen LogP contribution in [0.1, 0.15) is 16.7 Å². The molecule has 0 heterocycles. The van der Waals surface area contributed by atoms with Gasteiger partial charge in [0.25, 0.3) is 10.0 Å². The highest BCUT2D eigenvalue weighted by molar-refractivity contribution is 7.92. The van der Waals surface area contributed by atoms with Gasteiger partial charge >= 0.3 is 0 Å². The Morgan fingerprint density at radius 1 is 0.933 bits per heavy atom. The fourth-order valence-electron chi connectivity index (χ4n) is 2.69. The smallest absolute Gasteiger partial charge is 0.261 e. The number of aryl methyl sites for hydroxylation is 1. The zero-order valence-corrected chi connectivity index (χ0v) is 17.7. The second kappa shape index (κ2) is 8.98. The van der Waals surface area contributed by atoms with Gasteiger partial charge in [0.05, 0.1) is 10.6 Å². The largest absolute Gasteiger partial charge is 0.369 e. The van der Waals surface area contributed by atoms with E-state index in [0.29, 0.717) is 21.9 Å². The number of rotatable bonds is 6. The standard InChI is InChI=1S/C21H20ClN5O2S/c1-14-7-10-17(11-8-14)30(28,29)27-19-12-9-16(22)13-18(19)20(25-26-21(23)24)15-5-3-2-4-6-15/h2-13,27H,1H3,(H4,23,24,26)/b25-20+. The van der Waals surface area contributed by atoms with Gasteiger partial charge in [-0.2, -0.15) is 0 Å². The van der Waals surface area contributed by atoms with Crippen molar-refractivity contribution in [2.45, 2.75) is 11.8 Å². The lowest BCUT2D eigenvalue weighted by Crippen LogP contribution is -2.22. The Morgan fingerprint density at radius 3 is 2.23 bits per heavy atom. The van der Waals surface area contributed by atoms with Crippen molar-refractivity contribution in [3.05, 3.63) is 94.5 Å². The zero-order valence-electron chi connectivity index (χ0n) is 16.1. The number of sulfonamides is 1. The van der Waals surface area contributed by atoms with E-state index in [0.717, 1.165) is 5.56 Å². The first-order valence-corrected chi connectivity index (χ1v) is 10.7. The quantitative estimate of drug-likeness (QED) is 0.308. The molecule has 0 bridgehead atoms. The Hall–Kier alpha value is -3.36. The van der Waals surface area contributed by atoms with Gasteiger partial charge in [0.15, 0.2) is 0 Å². The molecule has 3 aromatic carbocycles. The number of halogens is 1. The van der Waals surface area contributed by atoms with Gasteiger partial charge in [-0.1, -0.05) is 59.6 Å². The molecule has 7 nitrogen and oxygen atoms in total. The highest BCUT2D eigenvalue weighted by Gasteiger charge is 2.19. The van der Waals surface area contributed by atoms with Crippen LogP contribution in [0.4, 0.5) is 5.69 Å². The van der Waals surface area contributed by atoms with Crippen LogP contribution in [-0.4, -0.2) is 20.1 Å². The molecule has 0 saturated carbocycles. The van der Waals surface area contributed by atoms with Crippen molar-refractivity contribution in [2.75, 3.05) is 4.72 Å². The third kappa shape index (κ3) is 5.16. The summed E-state index contributed by atoms with van der Waals surface area (Å²) in [5, 5.41) is 8.29. The molecule has 0 amide bonds. The molecule has 0 spiro atoms. The number of hydrogen-bond acceptors (Lipinski definition) is 4. The topological polar surface area (TPSA) is 123 Å². The highest BCUT2D eigenvalue weighted by Crippen LogP contribution is 2.27. The van der Waals surface area contributed by atoms with E-state index >= 15 is 0 Å². The molecule has 9 heteroatoms. The molecule has 0 aromatic heterocycles. The maximum atomic E-state index is 12.9. The average Bonchev–Trinajstić information content (AvgIpc) is 2.71. The minimum absolute atomic E-state index is 0.136. The van der Waals surface area contributed by atoms with Gasteiger partial charge < -0.3 is 11.5 Å². The van der Waals surface area contributed by atoms with Gasteiger partial charge in [0, 0.05) is 16.1 Å². The molecule has 0 atom stereocenters. The van der Waals surface area contributed by atoms with E-state index < -0.39 is 10.0 Å². The summed E-state index contributed by atoms with van der Waals surface area (Å²) in [7, 11) is -3.85. The Morgan fingerprint density at radius 2 is 1.60 bits per heavy atom. The Labute approximate surface area is 180 Å². The van der Waals surface area contributed by atoms with Gasteiger partial charge in [-0.3, -0.25) is 4.72 Å². The van der Waals surface area contributed by atoms with Crippen molar-refractivity contribution < 1.29 is 8.42 Å². The van der Waals surface area contributed by atoms with E-state index in [4.69, 9.17) is 23.1 Å². The highest BCUT2D eigenvalue weighted by atomic mass is 35.5. The van der Waals surface area contributed by atoms with Crippen LogP contribution < -0.4 is 16.2 Å². The Kier molecular flexibility index (Phi) is 6.39. The average molecular weight is 442 g/mol. The Balaban J connectivity index is 2.13. The van der Waals surface area contributed by atoms with Crippen LogP contribution in [-0.2, 0) is 10.0 Å². The number of benzene rings is 3. The minimum atomic E-state index is -3.85. The van der Waals surface area contributed by atoms with E-state index in [2.05, 4.69) is 14.9 Å². The monoisotopic (exact) mass is 441 g/mol. The van der Waals surface area contributed by atoms with E-state index in [9.17, 15) is 8.42 Å². The van der Waals surface area contributed by atoms with Crippen molar-refractivity contribution in [1.82, 2.24) is 0 Å². The Bertz CT molecular complexity index is 1200. The lowest BCUT2D eigenvalue weighted by molar-refractivity contribution is 0.601. The van der Waals surface area contributed by atoms with Crippen LogP contribution in [0.2, 0.25) is 5.02 Å². The number of nitrogens with one attached hydrogen (secondary N) is 1. The summed E-state index contributed by atoms with van der Waals surface area (Å²) >= 11 is 6.20. The maximum Gasteiger partial charge on any atom is 0.261 e. The SMILES string of the molecule is Cc1ccc(S(=O)(=O)Nc2ccc(Cl)cc2/C(=N/N=C(N)N)c2ccccc2)cc1. The van der Waals surface area contributed by atoms with Crippen molar-refractivity contribution in [3.8, 4) is 0 Å². The van der Waals surface area contributed by atoms with E-state index in [1.165, 1.54) is 0 Å². The van der Waals surface area contributed by atoms with Gasteiger partial charge in [-0.15, -0.1) is 10.2 Å². The van der Waals surface area contributed by atoms with Crippen molar-refractivity contribution in [3.63, 3.8) is 0 Å². The molecule has 0 fully saturated rings. The van der Waals surface area contributed by atoms with Crippen LogP contribution in [0.15, 0.2) is 87.9 Å². The number of guanidine groups is 1. The van der Waals surface area contributed by atoms with Gasteiger partial charge in [0.1, 0.15) is 5.71 Å². The second-order valence-corrected chi connectivity index (χ2v) is 8.57. The van der Waals surface area contributed by atoms with Crippen LogP contribution in [0, 0.1) is 6.92 Å². The van der Waals surface area contributed by atoms with Crippen LogP contribution in [0.25, 0.3) is 0 Å². The molecule has 3 rings (SSSR count). The summed E-state index contributed by atoms with van der Waals surface area (Å²) in [5.41, 5.74) is 13.6. The molecule has 0 saturated heterocycles. The summed E-state index contributed by atoms with van der Waals surface area (Å²) in [4.78, 5) is 0.136. The first-order valence-electron chi connectivity index (χ1n) is 8.88. The second-order valence-electron chi connectivity index (χ2n) is 6.45. The first-order chi connectivity index (χ1) is 14.3. The first kappa shape index (κ1) is 21.4. The van der Waals surface area contributed by atoms with Gasteiger partial charge in [-0.05, 0) is 37.3 Å². The molecular formula is C21H20ClN5O2S. The number of anilines is 1. The van der Waals surface area contributed by atoms with Crippen LogP contribution >= 0.6 is 11.6 Å². The molecule has 0 radical (unpaired) electrons. The lowest BCUT2D eigenvalue weighted by Gasteiger charge is -2.15. The lowest BCUT2D eigenvalue weighted by atomic mass is 10.0. The van der Waals surface area contributed by atoms with Gasteiger partial charge in [0.2, 0.25) is 5.96 Å². The molecule has 154 valence electrons. The number of nitrogens with zero attached hydrogens (tertiary/aromatic N) is 2. The van der Waals surface area contributed by atoms with E-state index in [-0.39, 0.29) is 16.5 Å². The predicted molar refractivity (Wildman–Crippen MR) is 121 cm³/mol. The third-order valence-corrected chi connectivity index (χ3v) is 5.74. The predicted octanol–water partition coefficient (Wildman–Crippen LogP) is 3.48.